The zero-order valence-corrected chi connectivity index (χ0v) is 19.8. The fourth-order valence-electron chi connectivity index (χ4n) is 4.89. The molecule has 1 aromatic carbocycles. The Morgan fingerprint density at radius 1 is 1.12 bits per heavy atom. The highest BCUT2D eigenvalue weighted by Gasteiger charge is 2.41. The van der Waals surface area contributed by atoms with E-state index in [0.717, 1.165) is 53.9 Å². The van der Waals surface area contributed by atoms with Crippen LogP contribution in [0.3, 0.4) is 0 Å². The smallest absolute Gasteiger partial charge is 0.262 e. The fourth-order valence-corrected chi connectivity index (χ4v) is 6.18. The maximum Gasteiger partial charge on any atom is 0.262 e. The van der Waals surface area contributed by atoms with Crippen LogP contribution in [0.15, 0.2) is 24.3 Å². The van der Waals surface area contributed by atoms with Crippen molar-refractivity contribution in [2.24, 2.45) is 0 Å². The van der Waals surface area contributed by atoms with Crippen molar-refractivity contribution in [3.8, 4) is 0 Å². The zero-order chi connectivity index (χ0) is 23.8. The molecule has 2 N–H and O–H groups in total. The van der Waals surface area contributed by atoms with Gasteiger partial charge in [0.15, 0.2) is 0 Å². The topological polar surface area (TPSA) is 105 Å². The Morgan fingerprint density at radius 3 is 2.50 bits per heavy atom. The first-order valence-electron chi connectivity index (χ1n) is 11.8. The van der Waals surface area contributed by atoms with E-state index in [9.17, 15) is 19.2 Å². The van der Waals surface area contributed by atoms with Crippen molar-refractivity contribution in [3.63, 3.8) is 0 Å². The number of carbonyl (C=O) groups is 4. The van der Waals surface area contributed by atoms with Crippen LogP contribution >= 0.6 is 11.3 Å². The summed E-state index contributed by atoms with van der Waals surface area (Å²) in [6, 6.07) is 5.54. The predicted octanol–water partition coefficient (Wildman–Crippen LogP) is 3.16. The van der Waals surface area contributed by atoms with Crippen LogP contribution in [0, 0.1) is 0 Å². The van der Waals surface area contributed by atoms with Gasteiger partial charge in [-0.15, -0.1) is 11.3 Å². The first-order valence-corrected chi connectivity index (χ1v) is 12.6. The SMILES string of the molecule is C[C@@H](C(=O)Nc1sc2c(c1C(=O)NC[C@@H]1CCCO1)CCCC2)N1C(=O)c2ccccc2C1=O. The largest absolute Gasteiger partial charge is 0.376 e. The van der Waals surface area contributed by atoms with Crippen molar-refractivity contribution in [1.82, 2.24) is 10.2 Å². The van der Waals surface area contributed by atoms with E-state index in [2.05, 4.69) is 10.6 Å². The molecule has 8 nitrogen and oxygen atoms in total. The van der Waals surface area contributed by atoms with Gasteiger partial charge in [-0.05, 0) is 63.1 Å². The van der Waals surface area contributed by atoms with E-state index in [1.165, 1.54) is 18.3 Å². The highest BCUT2D eigenvalue weighted by atomic mass is 32.1. The van der Waals surface area contributed by atoms with E-state index in [1.807, 2.05) is 0 Å². The lowest BCUT2D eigenvalue weighted by molar-refractivity contribution is -0.119. The van der Waals surface area contributed by atoms with Gasteiger partial charge >= 0.3 is 0 Å². The van der Waals surface area contributed by atoms with Crippen molar-refractivity contribution in [2.75, 3.05) is 18.5 Å². The second-order valence-electron chi connectivity index (χ2n) is 8.95. The van der Waals surface area contributed by atoms with Gasteiger partial charge in [-0.2, -0.15) is 0 Å². The number of rotatable bonds is 6. The monoisotopic (exact) mass is 481 g/mol. The number of nitrogens with zero attached hydrogens (tertiary/aromatic N) is 1. The number of hydrogen-bond acceptors (Lipinski definition) is 6. The number of anilines is 1. The Hall–Kier alpha value is -3.04. The van der Waals surface area contributed by atoms with E-state index < -0.39 is 23.8 Å². The molecule has 0 bridgehead atoms. The average molecular weight is 482 g/mol. The first kappa shape index (κ1) is 22.7. The molecule has 3 aliphatic rings. The van der Waals surface area contributed by atoms with Crippen molar-refractivity contribution >= 4 is 40.0 Å². The number of thiophene rings is 1. The molecule has 0 radical (unpaired) electrons. The number of nitrogens with one attached hydrogen (secondary N) is 2. The number of aryl methyl sites for hydroxylation is 1. The number of ether oxygens (including phenoxy) is 1. The molecule has 34 heavy (non-hydrogen) atoms. The average Bonchev–Trinajstić information content (AvgIpc) is 3.55. The van der Waals surface area contributed by atoms with E-state index in [1.54, 1.807) is 24.3 Å². The molecule has 2 atom stereocenters. The Morgan fingerprint density at radius 2 is 1.82 bits per heavy atom. The standard InChI is InChI=1S/C25H27N3O5S/c1-14(28-24(31)16-8-2-3-9-17(16)25(28)32)21(29)27-23-20(18-10-4-5-11-19(18)34-23)22(30)26-13-15-7-6-12-33-15/h2-3,8-9,14-15H,4-7,10-13H2,1H3,(H,26,30)(H,27,29)/t14-,15-/m0/s1. The summed E-state index contributed by atoms with van der Waals surface area (Å²) in [7, 11) is 0. The molecule has 1 aliphatic carbocycles. The van der Waals surface area contributed by atoms with E-state index in [-0.39, 0.29) is 12.0 Å². The molecule has 4 amide bonds. The van der Waals surface area contributed by atoms with Gasteiger partial charge in [0.05, 0.1) is 22.8 Å². The number of benzene rings is 1. The molecule has 0 saturated carbocycles. The van der Waals surface area contributed by atoms with Crippen LogP contribution in [0.4, 0.5) is 5.00 Å². The Labute approximate surface area is 201 Å². The summed E-state index contributed by atoms with van der Waals surface area (Å²) in [6.07, 6.45) is 5.63. The molecule has 1 fully saturated rings. The minimum atomic E-state index is -1.02. The number of hydrogen-bond donors (Lipinski definition) is 2. The summed E-state index contributed by atoms with van der Waals surface area (Å²) < 4.78 is 5.61. The van der Waals surface area contributed by atoms with Crippen LogP contribution in [-0.4, -0.2) is 53.8 Å². The molecule has 3 heterocycles. The second-order valence-corrected chi connectivity index (χ2v) is 10.1. The van der Waals surface area contributed by atoms with Gasteiger partial charge in [0.25, 0.3) is 17.7 Å². The lowest BCUT2D eigenvalue weighted by Crippen LogP contribution is -2.45. The third kappa shape index (κ3) is 4.03. The van der Waals surface area contributed by atoms with Crippen LogP contribution in [0.1, 0.15) is 74.1 Å². The lowest BCUT2D eigenvalue weighted by atomic mass is 9.95. The molecule has 178 valence electrons. The summed E-state index contributed by atoms with van der Waals surface area (Å²) in [5.41, 5.74) is 2.09. The van der Waals surface area contributed by atoms with Crippen LogP contribution < -0.4 is 10.6 Å². The summed E-state index contributed by atoms with van der Waals surface area (Å²) >= 11 is 1.41. The van der Waals surface area contributed by atoms with Crippen LogP contribution in [-0.2, 0) is 22.4 Å². The normalized spacial score (nSPS) is 20.1. The van der Waals surface area contributed by atoms with Crippen molar-refractivity contribution in [2.45, 2.75) is 57.6 Å². The number of amides is 4. The predicted molar refractivity (Wildman–Crippen MR) is 127 cm³/mol. The van der Waals surface area contributed by atoms with Gasteiger partial charge in [0.1, 0.15) is 11.0 Å². The van der Waals surface area contributed by atoms with Crippen LogP contribution in [0.2, 0.25) is 0 Å². The third-order valence-corrected chi connectivity index (χ3v) is 7.95. The zero-order valence-electron chi connectivity index (χ0n) is 19.0. The second kappa shape index (κ2) is 9.31. The van der Waals surface area contributed by atoms with Crippen molar-refractivity contribution < 1.29 is 23.9 Å². The molecule has 1 saturated heterocycles. The summed E-state index contributed by atoms with van der Waals surface area (Å²) in [4.78, 5) is 54.1. The van der Waals surface area contributed by atoms with E-state index in [4.69, 9.17) is 4.74 Å². The third-order valence-electron chi connectivity index (χ3n) is 6.74. The van der Waals surface area contributed by atoms with Crippen molar-refractivity contribution in [3.05, 3.63) is 51.4 Å². The summed E-state index contributed by atoms with van der Waals surface area (Å²) in [6.45, 7) is 2.68. The Balaban J connectivity index is 1.36. The first-order chi connectivity index (χ1) is 16.5. The van der Waals surface area contributed by atoms with Crippen LogP contribution in [0.5, 0.6) is 0 Å². The molecular formula is C25H27N3O5S. The van der Waals surface area contributed by atoms with Gasteiger partial charge in [-0.3, -0.25) is 24.1 Å². The molecule has 0 unspecified atom stereocenters. The van der Waals surface area contributed by atoms with E-state index in [0.29, 0.717) is 34.8 Å². The Kier molecular flexibility index (Phi) is 6.22. The molecule has 5 rings (SSSR count). The maximum atomic E-state index is 13.2. The van der Waals surface area contributed by atoms with Gasteiger partial charge in [-0.1, -0.05) is 12.1 Å². The number of fused-ring (bicyclic) bond motifs is 2. The molecule has 9 heteroatoms. The fraction of sp³-hybridized carbons (Fsp3) is 0.440. The van der Waals surface area contributed by atoms with Gasteiger partial charge < -0.3 is 15.4 Å². The maximum absolute atomic E-state index is 13.2. The lowest BCUT2D eigenvalue weighted by Gasteiger charge is -2.21. The quantitative estimate of drug-likeness (QED) is 0.617. The van der Waals surface area contributed by atoms with E-state index >= 15 is 0 Å². The summed E-state index contributed by atoms with van der Waals surface area (Å²) in [5, 5.41) is 6.31. The number of carbonyl (C=O) groups excluding carboxylic acids is 4. The minimum absolute atomic E-state index is 0.0188. The molecular weight excluding hydrogens is 454 g/mol. The molecule has 2 aliphatic heterocycles. The van der Waals surface area contributed by atoms with Gasteiger partial charge in [0, 0.05) is 18.0 Å². The molecule has 1 aromatic heterocycles. The minimum Gasteiger partial charge on any atom is -0.376 e. The van der Waals surface area contributed by atoms with Crippen LogP contribution in [0.25, 0.3) is 0 Å². The highest BCUT2D eigenvalue weighted by Crippen LogP contribution is 2.38. The summed E-state index contributed by atoms with van der Waals surface area (Å²) in [5.74, 6) is -1.69. The highest BCUT2D eigenvalue weighted by molar-refractivity contribution is 7.17. The van der Waals surface area contributed by atoms with Gasteiger partial charge in [0.2, 0.25) is 5.91 Å². The van der Waals surface area contributed by atoms with Crippen molar-refractivity contribution in [1.29, 1.82) is 0 Å². The molecule has 2 aromatic rings. The van der Waals surface area contributed by atoms with Gasteiger partial charge in [-0.25, -0.2) is 0 Å². The molecule has 0 spiro atoms. The number of imide groups is 1. The Bertz CT molecular complexity index is 1130.